The summed E-state index contributed by atoms with van der Waals surface area (Å²) in [5.41, 5.74) is 2.94. The van der Waals surface area contributed by atoms with E-state index in [9.17, 15) is 9.90 Å². The van der Waals surface area contributed by atoms with Gasteiger partial charge in [0.2, 0.25) is 0 Å². The maximum Gasteiger partial charge on any atom is 0.153 e. The van der Waals surface area contributed by atoms with Gasteiger partial charge in [-0.25, -0.2) is 0 Å². The number of nitrogens with zero attached hydrogens (tertiary/aromatic N) is 2. The fourth-order valence-corrected chi connectivity index (χ4v) is 2.87. The molecule has 1 aliphatic carbocycles. The Morgan fingerprint density at radius 3 is 2.54 bits per heavy atom. The highest BCUT2D eigenvalue weighted by Gasteiger charge is 2.26. The number of allylic oxidation sites excluding steroid dienone is 5. The normalized spacial score (nSPS) is 16.2. The number of aromatic hydroxyl groups is 1. The first-order valence-electron chi connectivity index (χ1n) is 7.59. The fourth-order valence-electron chi connectivity index (χ4n) is 2.87. The number of phenols is 1. The Hall–Kier alpha value is -3.11. The topological polar surface area (TPSA) is 84.9 Å². The molecule has 0 unspecified atom stereocenters. The van der Waals surface area contributed by atoms with Crippen molar-refractivity contribution < 1.29 is 9.90 Å². The van der Waals surface area contributed by atoms with Crippen molar-refractivity contribution in [1.82, 2.24) is 0 Å². The van der Waals surface area contributed by atoms with Gasteiger partial charge >= 0.3 is 0 Å². The van der Waals surface area contributed by atoms with Crippen LogP contribution >= 0.6 is 0 Å². The van der Waals surface area contributed by atoms with Gasteiger partial charge < -0.3 is 5.11 Å². The maximum atomic E-state index is 10.9. The smallest absolute Gasteiger partial charge is 0.153 e. The lowest BCUT2D eigenvalue weighted by atomic mass is 9.74. The largest absolute Gasteiger partial charge is 0.507 e. The number of benzene rings is 1. The zero-order chi connectivity index (χ0) is 17.7. The van der Waals surface area contributed by atoms with Crippen LogP contribution in [0.2, 0.25) is 0 Å². The Labute approximate surface area is 141 Å². The van der Waals surface area contributed by atoms with E-state index >= 15 is 0 Å². The van der Waals surface area contributed by atoms with Crippen molar-refractivity contribution in [2.75, 3.05) is 0 Å². The number of carbonyl (C=O) groups is 1. The van der Waals surface area contributed by atoms with E-state index < -0.39 is 0 Å². The van der Waals surface area contributed by atoms with Crippen LogP contribution in [0.25, 0.3) is 6.08 Å². The summed E-state index contributed by atoms with van der Waals surface area (Å²) in [4.78, 5) is 10.9. The minimum absolute atomic E-state index is 0.0361. The second-order valence-corrected chi connectivity index (χ2v) is 6.63. The van der Waals surface area contributed by atoms with Gasteiger partial charge in [-0.2, -0.15) is 10.5 Å². The van der Waals surface area contributed by atoms with E-state index in [2.05, 4.69) is 13.8 Å². The summed E-state index contributed by atoms with van der Waals surface area (Å²) in [7, 11) is 0. The molecule has 4 heteroatoms. The average molecular weight is 318 g/mol. The SMILES string of the molecule is CC1(C)CC(/C=C/c2ccc(O)c(C=O)c2)=CC(=C(C#N)C#N)C1. The van der Waals surface area contributed by atoms with Crippen LogP contribution in [0, 0.1) is 28.1 Å². The molecule has 0 saturated carbocycles. The van der Waals surface area contributed by atoms with Crippen molar-refractivity contribution in [1.29, 1.82) is 10.5 Å². The minimum Gasteiger partial charge on any atom is -0.507 e. The van der Waals surface area contributed by atoms with E-state index in [1.165, 1.54) is 6.07 Å². The third kappa shape index (κ3) is 4.00. The molecule has 0 aromatic heterocycles. The molecule has 120 valence electrons. The van der Waals surface area contributed by atoms with Crippen molar-refractivity contribution >= 4 is 12.4 Å². The number of rotatable bonds is 3. The van der Waals surface area contributed by atoms with Crippen LogP contribution in [-0.4, -0.2) is 11.4 Å². The van der Waals surface area contributed by atoms with Gasteiger partial charge in [0.1, 0.15) is 23.5 Å². The molecular formula is C20H18N2O2. The molecule has 0 heterocycles. The predicted octanol–water partition coefficient (Wildman–Crippen LogP) is 4.31. The van der Waals surface area contributed by atoms with Crippen LogP contribution < -0.4 is 0 Å². The molecule has 0 spiro atoms. The van der Waals surface area contributed by atoms with Crippen molar-refractivity contribution in [3.8, 4) is 17.9 Å². The Bertz CT molecular complexity index is 827. The summed E-state index contributed by atoms with van der Waals surface area (Å²) < 4.78 is 0. The quantitative estimate of drug-likeness (QED) is 0.665. The van der Waals surface area contributed by atoms with Crippen LogP contribution in [0.4, 0.5) is 0 Å². The number of carbonyl (C=O) groups excluding carboxylic acids is 1. The molecule has 0 amide bonds. The summed E-state index contributed by atoms with van der Waals surface area (Å²) in [6, 6.07) is 8.73. The standard InChI is InChI=1S/C20H18N2O2/c1-20(2)9-15(8-16(10-20)18(11-21)12-22)4-3-14-5-6-19(24)17(7-14)13-23/h3-8,13,24H,9-10H2,1-2H3/b4-3+. The Kier molecular flexibility index (Phi) is 5.02. The molecule has 1 aromatic carbocycles. The first kappa shape index (κ1) is 17.2. The summed E-state index contributed by atoms with van der Waals surface area (Å²) in [6.07, 6.45) is 7.81. The van der Waals surface area contributed by atoms with Gasteiger partial charge in [-0.05, 0) is 47.1 Å². The van der Waals surface area contributed by atoms with E-state index in [-0.39, 0.29) is 22.3 Å². The molecule has 0 fully saturated rings. The Balaban J connectivity index is 2.37. The number of phenolic OH excluding ortho intramolecular Hbond substituents is 1. The Morgan fingerprint density at radius 2 is 1.92 bits per heavy atom. The number of hydrogen-bond acceptors (Lipinski definition) is 4. The lowest BCUT2D eigenvalue weighted by Crippen LogP contribution is -2.17. The third-order valence-electron chi connectivity index (χ3n) is 3.92. The molecule has 24 heavy (non-hydrogen) atoms. The van der Waals surface area contributed by atoms with Crippen LogP contribution in [0.15, 0.2) is 47.1 Å². The lowest BCUT2D eigenvalue weighted by Gasteiger charge is -2.30. The molecule has 2 rings (SSSR count). The molecule has 1 N–H and O–H groups in total. The molecule has 0 radical (unpaired) electrons. The first-order chi connectivity index (χ1) is 11.4. The van der Waals surface area contributed by atoms with Gasteiger partial charge in [0.15, 0.2) is 6.29 Å². The van der Waals surface area contributed by atoms with E-state index in [0.29, 0.717) is 12.7 Å². The first-order valence-corrected chi connectivity index (χ1v) is 7.59. The summed E-state index contributed by atoms with van der Waals surface area (Å²) >= 11 is 0. The number of aldehydes is 1. The van der Waals surface area contributed by atoms with E-state index in [0.717, 1.165) is 23.1 Å². The molecule has 0 bridgehead atoms. The molecule has 0 atom stereocenters. The zero-order valence-electron chi connectivity index (χ0n) is 13.7. The molecule has 0 saturated heterocycles. The highest BCUT2D eigenvalue weighted by molar-refractivity contribution is 5.80. The minimum atomic E-state index is -0.0435. The van der Waals surface area contributed by atoms with E-state index in [4.69, 9.17) is 10.5 Å². The van der Waals surface area contributed by atoms with Crippen LogP contribution in [-0.2, 0) is 0 Å². The van der Waals surface area contributed by atoms with E-state index in [1.54, 1.807) is 12.1 Å². The van der Waals surface area contributed by atoms with Crippen molar-refractivity contribution in [2.45, 2.75) is 26.7 Å². The fraction of sp³-hybridized carbons (Fsp3) is 0.250. The zero-order valence-corrected chi connectivity index (χ0v) is 13.7. The van der Waals surface area contributed by atoms with Crippen molar-refractivity contribution in [3.63, 3.8) is 0 Å². The Morgan fingerprint density at radius 1 is 1.21 bits per heavy atom. The van der Waals surface area contributed by atoms with Gasteiger partial charge in [-0.3, -0.25) is 4.79 Å². The van der Waals surface area contributed by atoms with Gasteiger partial charge in [-0.1, -0.05) is 38.1 Å². The number of nitriles is 2. The molecule has 1 aliphatic rings. The summed E-state index contributed by atoms with van der Waals surface area (Å²) in [5.74, 6) is -0.0435. The maximum absolute atomic E-state index is 10.9. The number of hydrogen-bond donors (Lipinski definition) is 1. The van der Waals surface area contributed by atoms with Gasteiger partial charge in [0, 0.05) is 0 Å². The van der Waals surface area contributed by atoms with Crippen molar-refractivity contribution in [2.24, 2.45) is 5.41 Å². The molecular weight excluding hydrogens is 300 g/mol. The monoisotopic (exact) mass is 318 g/mol. The molecule has 1 aromatic rings. The predicted molar refractivity (Wildman–Crippen MR) is 91.9 cm³/mol. The van der Waals surface area contributed by atoms with Crippen LogP contribution in [0.3, 0.4) is 0 Å². The second kappa shape index (κ2) is 6.98. The van der Waals surface area contributed by atoms with Gasteiger partial charge in [0.05, 0.1) is 5.56 Å². The van der Waals surface area contributed by atoms with Gasteiger partial charge in [-0.15, -0.1) is 0 Å². The van der Waals surface area contributed by atoms with E-state index in [1.807, 2.05) is 30.4 Å². The van der Waals surface area contributed by atoms with Crippen molar-refractivity contribution in [3.05, 3.63) is 58.2 Å². The second-order valence-electron chi connectivity index (χ2n) is 6.63. The van der Waals surface area contributed by atoms with Gasteiger partial charge in [0.25, 0.3) is 0 Å². The third-order valence-corrected chi connectivity index (χ3v) is 3.92. The molecule has 0 aliphatic heterocycles. The summed E-state index contributed by atoms with van der Waals surface area (Å²) in [6.45, 7) is 4.20. The average Bonchev–Trinajstić information content (AvgIpc) is 2.54. The van der Waals surface area contributed by atoms with Crippen LogP contribution in [0.5, 0.6) is 5.75 Å². The summed E-state index contributed by atoms with van der Waals surface area (Å²) in [5, 5.41) is 27.7. The highest BCUT2D eigenvalue weighted by atomic mass is 16.3. The molecule has 4 nitrogen and oxygen atoms in total. The lowest BCUT2D eigenvalue weighted by molar-refractivity contribution is 0.112. The van der Waals surface area contributed by atoms with Crippen LogP contribution in [0.1, 0.15) is 42.6 Å². The highest BCUT2D eigenvalue weighted by Crippen LogP contribution is 2.39.